The third-order valence-electron chi connectivity index (χ3n) is 7.63. The van der Waals surface area contributed by atoms with Crippen molar-refractivity contribution in [1.82, 2.24) is 9.80 Å². The molecule has 2 aliphatic heterocycles. The zero-order chi connectivity index (χ0) is 24.9. The van der Waals surface area contributed by atoms with Crippen LogP contribution in [-0.4, -0.2) is 87.4 Å². The van der Waals surface area contributed by atoms with Gasteiger partial charge >= 0.3 is 0 Å². The van der Waals surface area contributed by atoms with Crippen LogP contribution in [0.4, 0.5) is 5.69 Å². The van der Waals surface area contributed by atoms with Crippen LogP contribution in [0.5, 0.6) is 5.75 Å². The number of hydrogen-bond acceptors (Lipinski definition) is 6. The van der Waals surface area contributed by atoms with E-state index in [0.29, 0.717) is 36.1 Å². The number of amides is 2. The van der Waals surface area contributed by atoms with Gasteiger partial charge in [-0.2, -0.15) is 0 Å². The van der Waals surface area contributed by atoms with E-state index in [0.717, 1.165) is 52.0 Å². The van der Waals surface area contributed by atoms with Gasteiger partial charge in [0.05, 0.1) is 11.7 Å². The molecule has 35 heavy (non-hydrogen) atoms. The number of rotatable bonds is 5. The van der Waals surface area contributed by atoms with Gasteiger partial charge in [-0.05, 0) is 56.6 Å². The van der Waals surface area contributed by atoms with Crippen molar-refractivity contribution in [3.63, 3.8) is 0 Å². The van der Waals surface area contributed by atoms with Crippen molar-refractivity contribution in [2.45, 2.75) is 51.7 Å². The lowest BCUT2D eigenvalue weighted by Gasteiger charge is -2.38. The molecular weight excluding hydrogens is 446 g/mol. The zero-order valence-electron chi connectivity index (χ0n) is 21.6. The molecule has 3 atom stereocenters. The van der Waals surface area contributed by atoms with Crippen LogP contribution in [0.3, 0.4) is 0 Å². The molecule has 8 nitrogen and oxygen atoms in total. The SMILES string of the molecule is CO[C@H]1CN(C)C(=O)c2ccc(NC(=O)C3CC3)cc2OC[C@H](C)N(CC2CCOCC2)C[C@H]1C. The highest BCUT2D eigenvalue weighted by atomic mass is 16.5. The maximum absolute atomic E-state index is 13.4. The van der Waals surface area contributed by atoms with E-state index in [-0.39, 0.29) is 35.8 Å². The van der Waals surface area contributed by atoms with E-state index in [2.05, 4.69) is 24.1 Å². The second kappa shape index (κ2) is 11.7. The lowest BCUT2D eigenvalue weighted by molar-refractivity contribution is -0.117. The number of nitrogens with one attached hydrogen (secondary N) is 1. The molecule has 8 heteroatoms. The van der Waals surface area contributed by atoms with Gasteiger partial charge in [0.15, 0.2) is 0 Å². The number of carbonyl (C=O) groups excluding carboxylic acids is 2. The Morgan fingerprint density at radius 3 is 2.57 bits per heavy atom. The molecule has 1 saturated carbocycles. The number of hydrogen-bond donors (Lipinski definition) is 1. The molecule has 0 aromatic heterocycles. The number of anilines is 1. The van der Waals surface area contributed by atoms with Crippen molar-refractivity contribution < 1.29 is 23.8 Å². The molecule has 2 amide bonds. The number of nitrogens with zero attached hydrogens (tertiary/aromatic N) is 2. The Labute approximate surface area is 209 Å². The highest BCUT2D eigenvalue weighted by molar-refractivity contribution is 5.99. The maximum Gasteiger partial charge on any atom is 0.257 e. The second-order valence-electron chi connectivity index (χ2n) is 10.6. The van der Waals surface area contributed by atoms with Gasteiger partial charge in [-0.3, -0.25) is 14.5 Å². The Hall–Kier alpha value is -2.16. The third kappa shape index (κ3) is 6.74. The molecule has 3 aliphatic rings. The lowest BCUT2D eigenvalue weighted by Crippen LogP contribution is -2.48. The normalized spacial score (nSPS) is 27.4. The number of benzene rings is 1. The summed E-state index contributed by atoms with van der Waals surface area (Å²) < 4.78 is 17.7. The van der Waals surface area contributed by atoms with Crippen LogP contribution in [0.25, 0.3) is 0 Å². The zero-order valence-corrected chi connectivity index (χ0v) is 21.6. The number of methoxy groups -OCH3 is 1. The van der Waals surface area contributed by atoms with Gasteiger partial charge in [0, 0.05) is 70.7 Å². The van der Waals surface area contributed by atoms with E-state index in [4.69, 9.17) is 14.2 Å². The first-order valence-corrected chi connectivity index (χ1v) is 13.0. The number of likely N-dealkylation sites (N-methyl/N-ethyl adjacent to an activating group) is 1. The van der Waals surface area contributed by atoms with Gasteiger partial charge in [-0.1, -0.05) is 6.92 Å². The first-order chi connectivity index (χ1) is 16.9. The third-order valence-corrected chi connectivity index (χ3v) is 7.63. The molecule has 1 N–H and O–H groups in total. The van der Waals surface area contributed by atoms with Crippen LogP contribution >= 0.6 is 0 Å². The van der Waals surface area contributed by atoms with E-state index < -0.39 is 0 Å². The summed E-state index contributed by atoms with van der Waals surface area (Å²) in [5.41, 5.74) is 1.17. The van der Waals surface area contributed by atoms with Crippen molar-refractivity contribution in [3.8, 4) is 5.75 Å². The summed E-state index contributed by atoms with van der Waals surface area (Å²) >= 11 is 0. The number of carbonyl (C=O) groups is 2. The van der Waals surface area contributed by atoms with E-state index in [1.807, 2.05) is 7.05 Å². The van der Waals surface area contributed by atoms with Crippen LogP contribution in [0.1, 0.15) is 49.9 Å². The van der Waals surface area contributed by atoms with Crippen molar-refractivity contribution in [2.75, 3.05) is 58.9 Å². The molecule has 1 saturated heterocycles. The number of fused-ring (bicyclic) bond motifs is 1. The molecule has 1 aromatic carbocycles. The number of ether oxygens (including phenoxy) is 3. The largest absolute Gasteiger partial charge is 0.491 e. The Bertz CT molecular complexity index is 884. The Morgan fingerprint density at radius 2 is 1.89 bits per heavy atom. The molecule has 1 aliphatic carbocycles. The van der Waals surface area contributed by atoms with Gasteiger partial charge in [0.2, 0.25) is 5.91 Å². The van der Waals surface area contributed by atoms with E-state index in [1.165, 1.54) is 0 Å². The summed E-state index contributed by atoms with van der Waals surface area (Å²) in [6.45, 7) is 8.86. The molecule has 0 unspecified atom stereocenters. The first-order valence-electron chi connectivity index (χ1n) is 13.0. The molecule has 0 spiro atoms. The molecule has 2 heterocycles. The summed E-state index contributed by atoms with van der Waals surface area (Å²) in [7, 11) is 3.53. The molecular formula is C27H41N3O5. The van der Waals surface area contributed by atoms with Crippen LogP contribution in [0.2, 0.25) is 0 Å². The van der Waals surface area contributed by atoms with Crippen molar-refractivity contribution in [2.24, 2.45) is 17.8 Å². The fourth-order valence-electron chi connectivity index (χ4n) is 5.03. The summed E-state index contributed by atoms with van der Waals surface area (Å²) in [4.78, 5) is 29.9. The van der Waals surface area contributed by atoms with Crippen LogP contribution in [0.15, 0.2) is 18.2 Å². The maximum atomic E-state index is 13.4. The summed E-state index contributed by atoms with van der Waals surface area (Å²) in [6.07, 6.45) is 3.97. The molecule has 4 rings (SSSR count). The molecule has 0 radical (unpaired) electrons. The van der Waals surface area contributed by atoms with Crippen molar-refractivity contribution >= 4 is 17.5 Å². The summed E-state index contributed by atoms with van der Waals surface area (Å²) in [6, 6.07) is 5.50. The highest BCUT2D eigenvalue weighted by Gasteiger charge is 2.31. The smallest absolute Gasteiger partial charge is 0.257 e. The van der Waals surface area contributed by atoms with Gasteiger partial charge in [-0.15, -0.1) is 0 Å². The van der Waals surface area contributed by atoms with Crippen molar-refractivity contribution in [3.05, 3.63) is 23.8 Å². The molecule has 2 fully saturated rings. The standard InChI is InChI=1S/C27H41N3O5/c1-18-14-30(15-20-9-11-34-12-10-20)19(2)17-35-24-13-22(28-26(31)21-5-6-21)7-8-23(24)27(32)29(3)16-25(18)33-4/h7-8,13,18-21,25H,5-6,9-12,14-17H2,1-4H3,(H,28,31)/t18-,19+,25+/m1/s1. The first kappa shape index (κ1) is 25.9. The van der Waals surface area contributed by atoms with Gasteiger partial charge in [-0.25, -0.2) is 0 Å². The average Bonchev–Trinajstić information content (AvgIpc) is 3.71. The minimum atomic E-state index is -0.110. The monoisotopic (exact) mass is 487 g/mol. The average molecular weight is 488 g/mol. The quantitative estimate of drug-likeness (QED) is 0.687. The molecule has 194 valence electrons. The van der Waals surface area contributed by atoms with Gasteiger partial charge < -0.3 is 24.4 Å². The summed E-state index contributed by atoms with van der Waals surface area (Å²) in [5.74, 6) is 1.40. The van der Waals surface area contributed by atoms with Gasteiger partial charge in [0.1, 0.15) is 12.4 Å². The van der Waals surface area contributed by atoms with Crippen molar-refractivity contribution in [1.29, 1.82) is 0 Å². The van der Waals surface area contributed by atoms with Crippen LogP contribution < -0.4 is 10.1 Å². The second-order valence-corrected chi connectivity index (χ2v) is 10.6. The predicted molar refractivity (Wildman–Crippen MR) is 135 cm³/mol. The predicted octanol–water partition coefficient (Wildman–Crippen LogP) is 3.27. The lowest BCUT2D eigenvalue weighted by atomic mass is 9.96. The Balaban J connectivity index is 1.58. The Morgan fingerprint density at radius 1 is 1.14 bits per heavy atom. The Kier molecular flexibility index (Phi) is 8.68. The highest BCUT2D eigenvalue weighted by Crippen LogP contribution is 2.32. The molecule has 0 bridgehead atoms. The fourth-order valence-corrected chi connectivity index (χ4v) is 5.03. The van der Waals surface area contributed by atoms with Gasteiger partial charge in [0.25, 0.3) is 5.91 Å². The van der Waals surface area contributed by atoms with E-state index in [1.54, 1.807) is 30.2 Å². The topological polar surface area (TPSA) is 80.3 Å². The summed E-state index contributed by atoms with van der Waals surface area (Å²) in [5, 5.41) is 2.98. The minimum absolute atomic E-state index is 0.0366. The van der Waals surface area contributed by atoms with Crippen LogP contribution in [-0.2, 0) is 14.3 Å². The fraction of sp³-hybridized carbons (Fsp3) is 0.704. The van der Waals surface area contributed by atoms with E-state index >= 15 is 0 Å². The van der Waals surface area contributed by atoms with Crippen LogP contribution in [0, 0.1) is 17.8 Å². The van der Waals surface area contributed by atoms with E-state index in [9.17, 15) is 9.59 Å². The minimum Gasteiger partial charge on any atom is -0.491 e. The molecule has 1 aromatic rings.